The molecule has 7 heteroatoms. The number of carbonyl (C=O) groups is 1. The fourth-order valence-electron chi connectivity index (χ4n) is 2.13. The Kier molecular flexibility index (Phi) is 6.26. The highest BCUT2D eigenvalue weighted by molar-refractivity contribution is 6.30. The van der Waals surface area contributed by atoms with Crippen molar-refractivity contribution in [3.8, 4) is 0 Å². The monoisotopic (exact) mass is 330 g/mol. The molecule has 0 aliphatic rings. The Morgan fingerprint density at radius 1 is 1.45 bits per heavy atom. The van der Waals surface area contributed by atoms with Gasteiger partial charge in [-0.05, 0) is 33.1 Å². The second-order valence-corrected chi connectivity index (χ2v) is 7.07. The van der Waals surface area contributed by atoms with Crippen molar-refractivity contribution >= 4 is 17.7 Å². The third-order valence-corrected chi connectivity index (χ3v) is 3.58. The fraction of sp³-hybridized carbons (Fsp3) is 0.733. The molecule has 1 heterocycles. The predicted molar refractivity (Wildman–Crippen MR) is 88.2 cm³/mol. The number of rotatable bonds is 5. The number of halogens is 1. The van der Waals surface area contributed by atoms with E-state index >= 15 is 0 Å². The summed E-state index contributed by atoms with van der Waals surface area (Å²) in [5, 5.41) is 7.81. The molecule has 22 heavy (non-hydrogen) atoms. The standard InChI is InChI=1S/C15H27ClN4O2/c1-9(2)12-11(13(16)20(6)19-12)7-10(8-17)18-14(21)22-15(3,4)5/h9-10H,7-8,17H2,1-6H3,(H,18,21). The number of nitrogens with zero attached hydrogens (tertiary/aromatic N) is 2. The minimum Gasteiger partial charge on any atom is -0.444 e. The van der Waals surface area contributed by atoms with Gasteiger partial charge >= 0.3 is 6.09 Å². The molecule has 0 fully saturated rings. The maximum atomic E-state index is 11.9. The zero-order chi connectivity index (χ0) is 17.1. The van der Waals surface area contributed by atoms with Gasteiger partial charge in [0.15, 0.2) is 0 Å². The molecule has 0 radical (unpaired) electrons. The highest BCUT2D eigenvalue weighted by Crippen LogP contribution is 2.26. The van der Waals surface area contributed by atoms with Gasteiger partial charge < -0.3 is 15.8 Å². The van der Waals surface area contributed by atoms with Crippen LogP contribution in [-0.2, 0) is 18.2 Å². The van der Waals surface area contributed by atoms with E-state index in [0.717, 1.165) is 11.3 Å². The Hall–Kier alpha value is -1.27. The van der Waals surface area contributed by atoms with E-state index in [0.29, 0.717) is 18.1 Å². The van der Waals surface area contributed by atoms with Gasteiger partial charge in [0.2, 0.25) is 0 Å². The molecule has 1 unspecified atom stereocenters. The number of amides is 1. The molecule has 1 aromatic heterocycles. The lowest BCUT2D eigenvalue weighted by molar-refractivity contribution is 0.0506. The lowest BCUT2D eigenvalue weighted by Crippen LogP contribution is -2.44. The highest BCUT2D eigenvalue weighted by atomic mass is 35.5. The van der Waals surface area contributed by atoms with Crippen LogP contribution in [0.1, 0.15) is 51.8 Å². The maximum absolute atomic E-state index is 11.9. The van der Waals surface area contributed by atoms with Gasteiger partial charge in [-0.25, -0.2) is 4.79 Å². The van der Waals surface area contributed by atoms with Crippen molar-refractivity contribution in [1.29, 1.82) is 0 Å². The molecule has 126 valence electrons. The van der Waals surface area contributed by atoms with Gasteiger partial charge in [-0.2, -0.15) is 5.10 Å². The summed E-state index contributed by atoms with van der Waals surface area (Å²) in [7, 11) is 1.80. The highest BCUT2D eigenvalue weighted by Gasteiger charge is 2.23. The Morgan fingerprint density at radius 2 is 2.05 bits per heavy atom. The van der Waals surface area contributed by atoms with Crippen molar-refractivity contribution < 1.29 is 9.53 Å². The topological polar surface area (TPSA) is 82.2 Å². The molecule has 1 aromatic rings. The lowest BCUT2D eigenvalue weighted by Gasteiger charge is -2.23. The van der Waals surface area contributed by atoms with Gasteiger partial charge in [0.25, 0.3) is 0 Å². The lowest BCUT2D eigenvalue weighted by atomic mass is 10.0. The van der Waals surface area contributed by atoms with Crippen LogP contribution in [0.15, 0.2) is 0 Å². The third-order valence-electron chi connectivity index (χ3n) is 3.10. The average Bonchev–Trinajstić information content (AvgIpc) is 2.64. The maximum Gasteiger partial charge on any atom is 0.407 e. The van der Waals surface area contributed by atoms with Gasteiger partial charge in [0.05, 0.1) is 5.69 Å². The normalized spacial score (nSPS) is 13.3. The Balaban J connectivity index is 2.85. The molecule has 1 amide bonds. The van der Waals surface area contributed by atoms with Gasteiger partial charge in [0.1, 0.15) is 10.8 Å². The van der Waals surface area contributed by atoms with Crippen LogP contribution >= 0.6 is 11.6 Å². The molecule has 0 bridgehead atoms. The molecule has 0 aliphatic heterocycles. The van der Waals surface area contributed by atoms with Crippen LogP contribution in [-0.4, -0.2) is 34.1 Å². The van der Waals surface area contributed by atoms with E-state index in [-0.39, 0.29) is 12.0 Å². The first kappa shape index (κ1) is 18.8. The molecular weight excluding hydrogens is 304 g/mol. The number of hydrogen-bond donors (Lipinski definition) is 2. The molecule has 0 aromatic carbocycles. The summed E-state index contributed by atoms with van der Waals surface area (Å²) in [6.07, 6.45) is 0.0460. The largest absolute Gasteiger partial charge is 0.444 e. The Labute approximate surface area is 137 Å². The summed E-state index contributed by atoms with van der Waals surface area (Å²) in [5.41, 5.74) is 7.08. The smallest absolute Gasteiger partial charge is 0.407 e. The number of aryl methyl sites for hydroxylation is 1. The Morgan fingerprint density at radius 3 is 2.50 bits per heavy atom. The van der Waals surface area contributed by atoms with Crippen LogP contribution in [0.3, 0.4) is 0 Å². The molecular formula is C15H27ClN4O2. The molecule has 0 aliphatic carbocycles. The van der Waals surface area contributed by atoms with Crippen LogP contribution in [0.4, 0.5) is 4.79 Å². The summed E-state index contributed by atoms with van der Waals surface area (Å²) >= 11 is 6.32. The molecule has 3 N–H and O–H groups in total. The first-order valence-electron chi connectivity index (χ1n) is 7.46. The number of ether oxygens (including phenoxy) is 1. The summed E-state index contributed by atoms with van der Waals surface area (Å²) in [6, 6.07) is -0.256. The number of aromatic nitrogens is 2. The second-order valence-electron chi connectivity index (χ2n) is 6.72. The van der Waals surface area contributed by atoms with Crippen LogP contribution in [0.25, 0.3) is 0 Å². The number of nitrogens with one attached hydrogen (secondary N) is 1. The summed E-state index contributed by atoms with van der Waals surface area (Å²) in [4.78, 5) is 11.9. The van der Waals surface area contributed by atoms with Crippen molar-refractivity contribution in [2.45, 2.75) is 58.6 Å². The second kappa shape index (κ2) is 7.33. The van der Waals surface area contributed by atoms with E-state index in [1.54, 1.807) is 11.7 Å². The van der Waals surface area contributed by atoms with E-state index < -0.39 is 11.7 Å². The van der Waals surface area contributed by atoms with E-state index in [2.05, 4.69) is 24.3 Å². The first-order valence-corrected chi connectivity index (χ1v) is 7.83. The first-order chi connectivity index (χ1) is 10.0. The number of alkyl carbamates (subject to hydrolysis) is 1. The van der Waals surface area contributed by atoms with E-state index in [1.165, 1.54) is 0 Å². The summed E-state index contributed by atoms with van der Waals surface area (Å²) in [5.74, 6) is 0.244. The fourth-order valence-corrected chi connectivity index (χ4v) is 2.35. The molecule has 0 saturated carbocycles. The van der Waals surface area contributed by atoms with E-state index in [9.17, 15) is 4.79 Å². The van der Waals surface area contributed by atoms with Gasteiger partial charge in [-0.1, -0.05) is 25.4 Å². The quantitative estimate of drug-likeness (QED) is 0.869. The van der Waals surface area contributed by atoms with Crippen molar-refractivity contribution in [3.05, 3.63) is 16.4 Å². The molecule has 0 spiro atoms. The van der Waals surface area contributed by atoms with Crippen molar-refractivity contribution in [2.24, 2.45) is 12.8 Å². The summed E-state index contributed by atoms with van der Waals surface area (Å²) < 4.78 is 6.91. The van der Waals surface area contributed by atoms with Crippen molar-refractivity contribution in [1.82, 2.24) is 15.1 Å². The zero-order valence-electron chi connectivity index (χ0n) is 14.2. The van der Waals surface area contributed by atoms with E-state index in [4.69, 9.17) is 22.1 Å². The molecule has 1 rings (SSSR count). The number of hydrogen-bond acceptors (Lipinski definition) is 4. The third kappa shape index (κ3) is 5.18. The molecule has 6 nitrogen and oxygen atoms in total. The van der Waals surface area contributed by atoms with Gasteiger partial charge in [0, 0.05) is 25.2 Å². The Bertz CT molecular complexity index is 520. The van der Waals surface area contributed by atoms with Crippen LogP contribution in [0.5, 0.6) is 0 Å². The summed E-state index contributed by atoms with van der Waals surface area (Å²) in [6.45, 7) is 9.86. The van der Waals surface area contributed by atoms with Gasteiger partial charge in [-0.3, -0.25) is 4.68 Å². The minimum atomic E-state index is -0.543. The van der Waals surface area contributed by atoms with Gasteiger partial charge in [-0.15, -0.1) is 0 Å². The minimum absolute atomic E-state index is 0.244. The molecule has 1 atom stereocenters. The zero-order valence-corrected chi connectivity index (χ0v) is 15.0. The van der Waals surface area contributed by atoms with Crippen LogP contribution < -0.4 is 11.1 Å². The number of nitrogens with two attached hydrogens (primary N) is 1. The van der Waals surface area contributed by atoms with Crippen molar-refractivity contribution in [3.63, 3.8) is 0 Å². The average molecular weight is 331 g/mol. The van der Waals surface area contributed by atoms with Crippen LogP contribution in [0.2, 0.25) is 5.15 Å². The van der Waals surface area contributed by atoms with Crippen LogP contribution in [0, 0.1) is 0 Å². The van der Waals surface area contributed by atoms with Crippen molar-refractivity contribution in [2.75, 3.05) is 6.54 Å². The van der Waals surface area contributed by atoms with E-state index in [1.807, 2.05) is 20.8 Å². The predicted octanol–water partition coefficient (Wildman–Crippen LogP) is 2.59. The molecule has 0 saturated heterocycles. The number of carbonyl (C=O) groups excluding carboxylic acids is 1. The SMILES string of the molecule is CC(C)c1nn(C)c(Cl)c1CC(CN)NC(=O)OC(C)(C)C.